The molecular weight excluding hydrogens is 358 g/mol. The Labute approximate surface area is 151 Å². The Morgan fingerprint density at radius 2 is 1.88 bits per heavy atom. The molecule has 1 aromatic carbocycles. The van der Waals surface area contributed by atoms with E-state index < -0.39 is 21.7 Å². The Morgan fingerprint density at radius 3 is 2.32 bits per heavy atom. The van der Waals surface area contributed by atoms with Crippen LogP contribution in [0, 0.1) is 18.3 Å². The highest BCUT2D eigenvalue weighted by molar-refractivity contribution is 7.89. The van der Waals surface area contributed by atoms with Crippen LogP contribution < -0.4 is 0 Å². The third-order valence-electron chi connectivity index (χ3n) is 3.82. The van der Waals surface area contributed by atoms with Crippen LogP contribution >= 0.6 is 11.3 Å². The maximum Gasteiger partial charge on any atom is 0.243 e. The molecule has 8 heteroatoms. The van der Waals surface area contributed by atoms with Gasteiger partial charge in [-0.3, -0.25) is 4.79 Å². The molecule has 0 radical (unpaired) electrons. The van der Waals surface area contributed by atoms with Gasteiger partial charge in [0.25, 0.3) is 0 Å². The molecule has 0 aliphatic heterocycles. The van der Waals surface area contributed by atoms with Crippen molar-refractivity contribution < 1.29 is 13.2 Å². The molecule has 1 unspecified atom stereocenters. The number of hydrogen-bond acceptors (Lipinski definition) is 6. The van der Waals surface area contributed by atoms with E-state index in [0.717, 1.165) is 5.69 Å². The van der Waals surface area contributed by atoms with Crippen molar-refractivity contribution in [2.45, 2.75) is 37.6 Å². The number of aryl methyl sites for hydroxylation is 1. The highest BCUT2D eigenvalue weighted by Gasteiger charge is 2.26. The molecule has 0 saturated heterocycles. The minimum atomic E-state index is -3.61. The molecule has 25 heavy (non-hydrogen) atoms. The molecular formula is C17H19N3O3S2. The van der Waals surface area contributed by atoms with Crippen molar-refractivity contribution in [3.63, 3.8) is 0 Å². The summed E-state index contributed by atoms with van der Waals surface area (Å²) in [6.45, 7) is 5.36. The molecule has 1 heterocycles. The zero-order valence-corrected chi connectivity index (χ0v) is 16.1. The molecule has 2 aromatic rings. The number of nitriles is 1. The standard InChI is InChI=1S/C17H19N3O3S2/c1-11(2)20(4)25(22,23)14-7-5-13(6-8-14)16(21)15(9-18)17-19-12(3)10-24-17/h5-8,10-11,15H,1-4H3. The topological polar surface area (TPSA) is 91.1 Å². The van der Waals surface area contributed by atoms with E-state index >= 15 is 0 Å². The number of nitrogens with zero attached hydrogens (tertiary/aromatic N) is 3. The molecule has 6 nitrogen and oxygen atoms in total. The van der Waals surface area contributed by atoms with Crippen LogP contribution in [0.5, 0.6) is 0 Å². The van der Waals surface area contributed by atoms with Crippen molar-refractivity contribution in [2.75, 3.05) is 7.05 Å². The molecule has 0 amide bonds. The fraction of sp³-hybridized carbons (Fsp3) is 0.353. The number of aromatic nitrogens is 1. The van der Waals surface area contributed by atoms with Crippen molar-refractivity contribution in [3.05, 3.63) is 45.9 Å². The Bertz CT molecular complexity index is 909. The van der Waals surface area contributed by atoms with Gasteiger partial charge in [0.15, 0.2) is 11.7 Å². The van der Waals surface area contributed by atoms with Gasteiger partial charge < -0.3 is 0 Å². The van der Waals surface area contributed by atoms with E-state index in [1.165, 1.54) is 47.0 Å². The lowest BCUT2D eigenvalue weighted by Gasteiger charge is -2.21. The molecule has 0 fully saturated rings. The van der Waals surface area contributed by atoms with Crippen LogP contribution in [0.3, 0.4) is 0 Å². The number of carbonyl (C=O) groups excluding carboxylic acids is 1. The van der Waals surface area contributed by atoms with E-state index in [4.69, 9.17) is 0 Å². The number of Topliss-reactive ketones (excluding diaryl/α,β-unsaturated/α-hetero) is 1. The highest BCUT2D eigenvalue weighted by Crippen LogP contribution is 2.25. The number of rotatable bonds is 6. The largest absolute Gasteiger partial charge is 0.292 e. The molecule has 0 bridgehead atoms. The van der Waals surface area contributed by atoms with Crippen molar-refractivity contribution in [3.8, 4) is 6.07 Å². The summed E-state index contributed by atoms with van der Waals surface area (Å²) in [7, 11) is -2.10. The summed E-state index contributed by atoms with van der Waals surface area (Å²) in [6.07, 6.45) is 0. The normalized spacial score (nSPS) is 13.0. The van der Waals surface area contributed by atoms with Crippen LogP contribution in [-0.2, 0) is 10.0 Å². The van der Waals surface area contributed by atoms with E-state index in [0.29, 0.717) is 5.01 Å². The molecule has 132 valence electrons. The maximum absolute atomic E-state index is 12.6. The molecule has 0 aliphatic rings. The van der Waals surface area contributed by atoms with Crippen molar-refractivity contribution in [2.24, 2.45) is 0 Å². The predicted molar refractivity (Wildman–Crippen MR) is 96.1 cm³/mol. The minimum absolute atomic E-state index is 0.110. The van der Waals surface area contributed by atoms with Gasteiger partial charge in [-0.15, -0.1) is 11.3 Å². The zero-order valence-electron chi connectivity index (χ0n) is 14.4. The average Bonchev–Trinajstić information content (AvgIpc) is 3.00. The van der Waals surface area contributed by atoms with Crippen molar-refractivity contribution in [1.82, 2.24) is 9.29 Å². The first-order valence-electron chi connectivity index (χ1n) is 7.62. The second kappa shape index (κ2) is 7.44. The Balaban J connectivity index is 2.30. The van der Waals surface area contributed by atoms with Crippen LogP contribution in [0.1, 0.15) is 40.8 Å². The van der Waals surface area contributed by atoms with Crippen LogP contribution in [0.15, 0.2) is 34.5 Å². The van der Waals surface area contributed by atoms with Crippen LogP contribution in [0.2, 0.25) is 0 Å². The molecule has 0 aliphatic carbocycles. The van der Waals surface area contributed by atoms with E-state index in [1.54, 1.807) is 26.2 Å². The Kier molecular flexibility index (Phi) is 5.72. The van der Waals surface area contributed by atoms with Crippen molar-refractivity contribution >= 4 is 27.1 Å². The van der Waals surface area contributed by atoms with Gasteiger partial charge in [-0.2, -0.15) is 9.57 Å². The summed E-state index contributed by atoms with van der Waals surface area (Å²) in [5.41, 5.74) is 1.04. The number of ketones is 1. The maximum atomic E-state index is 12.6. The van der Waals surface area contributed by atoms with E-state index in [-0.39, 0.29) is 16.5 Å². The van der Waals surface area contributed by atoms with Gasteiger partial charge in [0.2, 0.25) is 10.0 Å². The SMILES string of the molecule is Cc1csc(C(C#N)C(=O)c2ccc(S(=O)(=O)N(C)C(C)C)cc2)n1. The quantitative estimate of drug-likeness (QED) is 0.722. The van der Waals surface area contributed by atoms with Crippen LogP contribution in [0.4, 0.5) is 0 Å². The van der Waals surface area contributed by atoms with Gasteiger partial charge in [0.05, 0.1) is 11.0 Å². The Hall–Kier alpha value is -2.08. The number of hydrogen-bond donors (Lipinski definition) is 0. The molecule has 1 atom stereocenters. The fourth-order valence-corrected chi connectivity index (χ4v) is 4.34. The zero-order chi connectivity index (χ0) is 18.8. The summed E-state index contributed by atoms with van der Waals surface area (Å²) in [5.74, 6) is -1.38. The van der Waals surface area contributed by atoms with Crippen LogP contribution in [-0.4, -0.2) is 36.6 Å². The van der Waals surface area contributed by atoms with Gasteiger partial charge in [-0.25, -0.2) is 13.4 Å². The number of carbonyl (C=O) groups is 1. The third kappa shape index (κ3) is 3.95. The third-order valence-corrected chi connectivity index (χ3v) is 6.89. The molecule has 1 aromatic heterocycles. The second-order valence-corrected chi connectivity index (χ2v) is 8.78. The van der Waals surface area contributed by atoms with E-state index in [1.807, 2.05) is 6.07 Å². The first-order chi connectivity index (χ1) is 11.7. The summed E-state index contributed by atoms with van der Waals surface area (Å²) >= 11 is 1.26. The number of sulfonamides is 1. The monoisotopic (exact) mass is 377 g/mol. The van der Waals surface area contributed by atoms with Gasteiger partial charge in [0.1, 0.15) is 5.01 Å². The molecule has 0 spiro atoms. The van der Waals surface area contributed by atoms with E-state index in [9.17, 15) is 18.5 Å². The minimum Gasteiger partial charge on any atom is -0.292 e. The first kappa shape index (κ1) is 19.2. The first-order valence-corrected chi connectivity index (χ1v) is 9.94. The van der Waals surface area contributed by atoms with Gasteiger partial charge in [0, 0.05) is 29.7 Å². The lowest BCUT2D eigenvalue weighted by Crippen LogP contribution is -2.33. The summed E-state index contributed by atoms with van der Waals surface area (Å²) in [6, 6.07) is 7.46. The summed E-state index contributed by atoms with van der Waals surface area (Å²) in [4.78, 5) is 16.9. The van der Waals surface area contributed by atoms with Crippen molar-refractivity contribution in [1.29, 1.82) is 5.26 Å². The van der Waals surface area contributed by atoms with Crippen LogP contribution in [0.25, 0.3) is 0 Å². The van der Waals surface area contributed by atoms with E-state index in [2.05, 4.69) is 4.98 Å². The lowest BCUT2D eigenvalue weighted by atomic mass is 9.99. The second-order valence-electron chi connectivity index (χ2n) is 5.89. The Morgan fingerprint density at radius 1 is 1.28 bits per heavy atom. The number of thiazole rings is 1. The molecule has 0 N–H and O–H groups in total. The number of benzene rings is 1. The highest BCUT2D eigenvalue weighted by atomic mass is 32.2. The van der Waals surface area contributed by atoms with Gasteiger partial charge in [-0.05, 0) is 32.9 Å². The molecule has 2 rings (SSSR count). The predicted octanol–water partition coefficient (Wildman–Crippen LogP) is 2.97. The summed E-state index contributed by atoms with van der Waals surface area (Å²) in [5, 5.41) is 11.6. The van der Waals surface area contributed by atoms with Gasteiger partial charge in [-0.1, -0.05) is 12.1 Å². The molecule has 0 saturated carbocycles. The smallest absolute Gasteiger partial charge is 0.243 e. The average molecular weight is 377 g/mol. The van der Waals surface area contributed by atoms with Gasteiger partial charge >= 0.3 is 0 Å². The summed E-state index contributed by atoms with van der Waals surface area (Å²) < 4.78 is 26.2. The lowest BCUT2D eigenvalue weighted by molar-refractivity contribution is 0.0978. The fourth-order valence-electron chi connectivity index (χ4n) is 2.13.